The highest BCUT2D eigenvalue weighted by Gasteiger charge is 1.47. The van der Waals surface area contributed by atoms with Crippen LogP contribution in [0.1, 0.15) is 0 Å². The molecule has 0 aromatic carbocycles. The van der Waals surface area contributed by atoms with Crippen LogP contribution in [0.15, 0.2) is 12.7 Å². The molecule has 0 aromatic rings. The van der Waals surface area contributed by atoms with Crippen LogP contribution in [0.5, 0.6) is 0 Å². The second kappa shape index (κ2) is 8.83. The minimum atomic E-state index is 0. The molecule has 0 heterocycles. The predicted molar refractivity (Wildman–Crippen MR) is 34.1 cm³/mol. The quantitative estimate of drug-likeness (QED) is 0.377. The number of alkyl halides is 1. The van der Waals surface area contributed by atoms with E-state index >= 15 is 0 Å². The summed E-state index contributed by atoms with van der Waals surface area (Å²) in [6.07, 6.45) is 1.86. The molecule has 0 unspecified atom stereocenters. The van der Waals surface area contributed by atoms with E-state index in [0.717, 1.165) is 4.43 Å². The molecule has 0 spiro atoms. The molecule has 0 aliphatic carbocycles. The lowest BCUT2D eigenvalue weighted by molar-refractivity contribution is 1.90. The van der Waals surface area contributed by atoms with Crippen LogP contribution in [0.3, 0.4) is 0 Å². The molecule has 1 nitrogen and oxygen atoms in total. The minimum absolute atomic E-state index is 0. The van der Waals surface area contributed by atoms with Crippen molar-refractivity contribution < 1.29 is 0 Å². The van der Waals surface area contributed by atoms with Gasteiger partial charge in [0.05, 0.1) is 0 Å². The van der Waals surface area contributed by atoms with E-state index in [1.54, 1.807) is 0 Å². The number of allylic oxidation sites excluding steroid dienone is 1. The summed E-state index contributed by atoms with van der Waals surface area (Å²) in [5.41, 5.74) is 0. The lowest BCUT2D eigenvalue weighted by atomic mass is 10.8. The molecule has 0 radical (unpaired) electrons. The van der Waals surface area contributed by atoms with Crippen molar-refractivity contribution in [2.75, 3.05) is 4.43 Å². The van der Waals surface area contributed by atoms with Gasteiger partial charge in [0.25, 0.3) is 0 Å². The first-order chi connectivity index (χ1) is 1.91. The van der Waals surface area contributed by atoms with Gasteiger partial charge < -0.3 is 6.15 Å². The van der Waals surface area contributed by atoms with Crippen LogP contribution in [0.4, 0.5) is 0 Å². The van der Waals surface area contributed by atoms with E-state index in [4.69, 9.17) is 0 Å². The van der Waals surface area contributed by atoms with Crippen LogP contribution in [-0.2, 0) is 0 Å². The van der Waals surface area contributed by atoms with Gasteiger partial charge in [-0.3, -0.25) is 0 Å². The normalized spacial score (nSPS) is 5.00. The predicted octanol–water partition coefficient (Wildman–Crippen LogP) is 1.77. The molecular weight excluding hydrogens is 177 g/mol. The maximum atomic E-state index is 3.47. The van der Waals surface area contributed by atoms with E-state index in [9.17, 15) is 0 Å². The Hall–Kier alpha value is 0.430. The van der Waals surface area contributed by atoms with Crippen molar-refractivity contribution in [2.45, 2.75) is 0 Å². The van der Waals surface area contributed by atoms with Crippen molar-refractivity contribution in [3.05, 3.63) is 12.7 Å². The zero-order valence-electron chi connectivity index (χ0n) is 3.08. The van der Waals surface area contributed by atoms with E-state index in [2.05, 4.69) is 29.2 Å². The maximum Gasteiger partial charge on any atom is 0.0173 e. The highest BCUT2D eigenvalue weighted by Crippen LogP contribution is 1.75. The summed E-state index contributed by atoms with van der Waals surface area (Å²) in [7, 11) is 0. The van der Waals surface area contributed by atoms with Gasteiger partial charge >= 0.3 is 0 Å². The third-order valence-electron chi connectivity index (χ3n) is 0.109. The highest BCUT2D eigenvalue weighted by atomic mass is 127. The first-order valence-electron chi connectivity index (χ1n) is 1.08. The van der Waals surface area contributed by atoms with Crippen molar-refractivity contribution in [1.82, 2.24) is 6.15 Å². The molecule has 0 aliphatic heterocycles. The van der Waals surface area contributed by atoms with E-state index in [1.165, 1.54) is 0 Å². The summed E-state index contributed by atoms with van der Waals surface area (Å²) in [4.78, 5) is 0. The standard InChI is InChI=1S/C3H5I.H3N/c1-2-3-4;/h2H,1,3H2;1H3. The summed E-state index contributed by atoms with van der Waals surface area (Å²) >= 11 is 2.23. The van der Waals surface area contributed by atoms with E-state index < -0.39 is 0 Å². The van der Waals surface area contributed by atoms with E-state index in [0.29, 0.717) is 0 Å². The molecule has 3 N–H and O–H groups in total. The van der Waals surface area contributed by atoms with Gasteiger partial charge in [0.2, 0.25) is 0 Å². The molecule has 5 heavy (non-hydrogen) atoms. The Bertz CT molecular complexity index is 20.9. The van der Waals surface area contributed by atoms with Crippen LogP contribution < -0.4 is 6.15 Å². The Morgan fingerprint density at radius 1 is 1.80 bits per heavy atom. The third kappa shape index (κ3) is 12.8. The average Bonchev–Trinajstić information content (AvgIpc) is 1.37. The fraction of sp³-hybridized carbons (Fsp3) is 0.333. The maximum absolute atomic E-state index is 3.47. The number of rotatable bonds is 1. The van der Waals surface area contributed by atoms with Gasteiger partial charge in [-0.1, -0.05) is 28.7 Å². The molecule has 2 heteroatoms. The molecule has 0 rings (SSSR count). The monoisotopic (exact) mass is 185 g/mol. The van der Waals surface area contributed by atoms with E-state index in [1.807, 2.05) is 6.08 Å². The molecular formula is C3H8IN. The molecule has 0 bridgehead atoms. The van der Waals surface area contributed by atoms with Gasteiger partial charge in [-0.25, -0.2) is 0 Å². The van der Waals surface area contributed by atoms with Gasteiger partial charge in [-0.2, -0.15) is 0 Å². The van der Waals surface area contributed by atoms with Crippen molar-refractivity contribution in [3.63, 3.8) is 0 Å². The van der Waals surface area contributed by atoms with Crippen LogP contribution in [-0.4, -0.2) is 4.43 Å². The first kappa shape index (κ1) is 9.06. The zero-order chi connectivity index (χ0) is 3.41. The molecule has 32 valence electrons. The number of halogens is 1. The Morgan fingerprint density at radius 3 is 2.00 bits per heavy atom. The third-order valence-corrected chi connectivity index (χ3v) is 0.732. The van der Waals surface area contributed by atoms with Crippen LogP contribution in [0, 0.1) is 0 Å². The first-order valence-corrected chi connectivity index (χ1v) is 2.61. The zero-order valence-corrected chi connectivity index (χ0v) is 5.23. The molecule has 0 fully saturated rings. The van der Waals surface area contributed by atoms with Crippen molar-refractivity contribution in [3.8, 4) is 0 Å². The van der Waals surface area contributed by atoms with Crippen molar-refractivity contribution in [2.24, 2.45) is 0 Å². The Labute approximate surface area is 46.2 Å². The molecule has 0 amide bonds. The largest absolute Gasteiger partial charge is 0.344 e. The summed E-state index contributed by atoms with van der Waals surface area (Å²) in [5.74, 6) is 0. The molecule has 0 aromatic heterocycles. The Kier molecular flexibility index (Phi) is 16.0. The molecule has 0 saturated carbocycles. The highest BCUT2D eigenvalue weighted by molar-refractivity contribution is 14.1. The number of hydrogen-bond donors (Lipinski definition) is 1. The summed E-state index contributed by atoms with van der Waals surface area (Å²) in [5, 5.41) is 0. The van der Waals surface area contributed by atoms with Gasteiger partial charge in [-0.15, -0.1) is 6.58 Å². The minimum Gasteiger partial charge on any atom is -0.344 e. The van der Waals surface area contributed by atoms with Crippen LogP contribution >= 0.6 is 22.6 Å². The van der Waals surface area contributed by atoms with Crippen molar-refractivity contribution >= 4 is 22.6 Å². The summed E-state index contributed by atoms with van der Waals surface area (Å²) in [6.45, 7) is 3.47. The second-order valence-electron chi connectivity index (χ2n) is 0.443. The fourth-order valence-corrected chi connectivity index (χ4v) is 0. The van der Waals surface area contributed by atoms with Gasteiger partial charge in [-0.05, 0) is 0 Å². The van der Waals surface area contributed by atoms with Gasteiger partial charge in [0.15, 0.2) is 0 Å². The molecule has 0 atom stereocenters. The molecule has 0 saturated heterocycles. The average molecular weight is 185 g/mol. The lowest BCUT2D eigenvalue weighted by Crippen LogP contribution is -1.43. The Morgan fingerprint density at radius 2 is 2.00 bits per heavy atom. The second-order valence-corrected chi connectivity index (χ2v) is 1.32. The van der Waals surface area contributed by atoms with E-state index in [-0.39, 0.29) is 6.15 Å². The summed E-state index contributed by atoms with van der Waals surface area (Å²) < 4.78 is 1.05. The number of hydrogen-bond acceptors (Lipinski definition) is 1. The van der Waals surface area contributed by atoms with Gasteiger partial charge in [0, 0.05) is 4.43 Å². The topological polar surface area (TPSA) is 35.0 Å². The fourth-order valence-electron chi connectivity index (χ4n) is 0. The SMILES string of the molecule is C=CCI.N. The summed E-state index contributed by atoms with van der Waals surface area (Å²) in [6, 6.07) is 0. The smallest absolute Gasteiger partial charge is 0.0173 e. The van der Waals surface area contributed by atoms with Crippen molar-refractivity contribution in [1.29, 1.82) is 0 Å². The van der Waals surface area contributed by atoms with Gasteiger partial charge in [0.1, 0.15) is 0 Å². The Balaban J connectivity index is 0. The van der Waals surface area contributed by atoms with Crippen LogP contribution in [0.2, 0.25) is 0 Å². The lowest BCUT2D eigenvalue weighted by Gasteiger charge is -1.55. The van der Waals surface area contributed by atoms with Crippen LogP contribution in [0.25, 0.3) is 0 Å². The molecule has 0 aliphatic rings.